The Morgan fingerprint density at radius 3 is 2.50 bits per heavy atom. The number of imide groups is 1. The molecule has 5 rings (SSSR count). The van der Waals surface area contributed by atoms with Gasteiger partial charge in [0.1, 0.15) is 6.04 Å². The molecule has 9 heteroatoms. The third-order valence-corrected chi connectivity index (χ3v) is 5.86. The van der Waals surface area contributed by atoms with E-state index in [0.29, 0.717) is 32.5 Å². The summed E-state index contributed by atoms with van der Waals surface area (Å²) in [6.07, 6.45) is 1.84. The molecule has 2 aliphatic rings. The molecular formula is C23H18F2N4O3. The Labute approximate surface area is 181 Å². The number of hydrogen-bond acceptors (Lipinski definition) is 4. The van der Waals surface area contributed by atoms with Crippen molar-refractivity contribution in [1.82, 2.24) is 20.0 Å². The zero-order chi connectivity index (χ0) is 22.4. The van der Waals surface area contributed by atoms with Crippen LogP contribution in [0.4, 0.5) is 8.78 Å². The molecule has 2 aliphatic heterocycles. The van der Waals surface area contributed by atoms with E-state index >= 15 is 0 Å². The average Bonchev–Trinajstić information content (AvgIpc) is 3.36. The Hall–Kier alpha value is -3.88. The van der Waals surface area contributed by atoms with Crippen LogP contribution in [-0.2, 0) is 16.1 Å². The molecule has 0 radical (unpaired) electrons. The first-order valence-corrected chi connectivity index (χ1v) is 10.1. The predicted octanol–water partition coefficient (Wildman–Crippen LogP) is 3.37. The van der Waals surface area contributed by atoms with Crippen molar-refractivity contribution in [2.75, 3.05) is 0 Å². The van der Waals surface area contributed by atoms with Gasteiger partial charge in [0.2, 0.25) is 11.8 Å². The summed E-state index contributed by atoms with van der Waals surface area (Å²) in [6, 6.07) is 13.2. The fourth-order valence-electron chi connectivity index (χ4n) is 4.35. The maximum absolute atomic E-state index is 13.6. The summed E-state index contributed by atoms with van der Waals surface area (Å²) < 4.78 is 27.9. The van der Waals surface area contributed by atoms with Crippen molar-refractivity contribution in [2.45, 2.75) is 32.0 Å². The number of fused-ring (bicyclic) bond motifs is 1. The maximum Gasteiger partial charge on any atom is 0.333 e. The monoisotopic (exact) mass is 436 g/mol. The molecule has 1 fully saturated rings. The summed E-state index contributed by atoms with van der Waals surface area (Å²) in [5, 5.41) is 6.16. The Morgan fingerprint density at radius 2 is 1.78 bits per heavy atom. The van der Waals surface area contributed by atoms with E-state index in [-0.39, 0.29) is 36.9 Å². The second-order valence-corrected chi connectivity index (χ2v) is 7.77. The Kier molecular flexibility index (Phi) is 4.80. The third-order valence-electron chi connectivity index (χ3n) is 5.86. The van der Waals surface area contributed by atoms with Gasteiger partial charge in [-0.05, 0) is 29.7 Å². The zero-order valence-electron chi connectivity index (χ0n) is 16.8. The van der Waals surface area contributed by atoms with Crippen LogP contribution >= 0.6 is 0 Å². The van der Waals surface area contributed by atoms with E-state index in [2.05, 4.69) is 10.4 Å². The van der Waals surface area contributed by atoms with E-state index in [1.807, 2.05) is 0 Å². The van der Waals surface area contributed by atoms with E-state index in [1.54, 1.807) is 48.5 Å². The lowest BCUT2D eigenvalue weighted by Gasteiger charge is -2.29. The van der Waals surface area contributed by atoms with Gasteiger partial charge in [-0.2, -0.15) is 13.9 Å². The van der Waals surface area contributed by atoms with Crippen molar-refractivity contribution in [3.8, 4) is 22.4 Å². The van der Waals surface area contributed by atoms with Crippen molar-refractivity contribution < 1.29 is 23.2 Å². The lowest BCUT2D eigenvalue weighted by atomic mass is 9.98. The minimum Gasteiger partial charge on any atom is -0.322 e. The largest absolute Gasteiger partial charge is 0.333 e. The van der Waals surface area contributed by atoms with Crippen LogP contribution in [0.15, 0.2) is 54.7 Å². The molecule has 1 aromatic heterocycles. The van der Waals surface area contributed by atoms with E-state index < -0.39 is 18.5 Å². The first kappa shape index (κ1) is 20.0. The number of piperidine rings is 1. The van der Waals surface area contributed by atoms with Crippen LogP contribution in [0.3, 0.4) is 0 Å². The number of hydrogen-bond donors (Lipinski definition) is 1. The second-order valence-electron chi connectivity index (χ2n) is 7.77. The van der Waals surface area contributed by atoms with Gasteiger partial charge >= 0.3 is 6.55 Å². The van der Waals surface area contributed by atoms with Gasteiger partial charge in [-0.3, -0.25) is 19.7 Å². The van der Waals surface area contributed by atoms with Crippen LogP contribution in [0, 0.1) is 0 Å². The fourth-order valence-corrected chi connectivity index (χ4v) is 4.35. The number of aromatic nitrogens is 2. The van der Waals surface area contributed by atoms with Crippen molar-refractivity contribution in [2.24, 2.45) is 0 Å². The summed E-state index contributed by atoms with van der Waals surface area (Å²) in [6.45, 7) is -2.60. The fraction of sp³-hybridized carbons (Fsp3) is 0.217. The lowest BCUT2D eigenvalue weighted by Crippen LogP contribution is -2.52. The highest BCUT2D eigenvalue weighted by Crippen LogP contribution is 2.37. The quantitative estimate of drug-likeness (QED) is 0.636. The predicted molar refractivity (Wildman–Crippen MR) is 110 cm³/mol. The summed E-state index contributed by atoms with van der Waals surface area (Å²) in [7, 11) is 0. The number of nitrogens with zero attached hydrogens (tertiary/aromatic N) is 3. The lowest BCUT2D eigenvalue weighted by molar-refractivity contribution is -0.136. The highest BCUT2D eigenvalue weighted by Gasteiger charge is 2.39. The first-order valence-electron chi connectivity index (χ1n) is 10.1. The van der Waals surface area contributed by atoms with E-state index in [4.69, 9.17) is 0 Å². The smallest absolute Gasteiger partial charge is 0.322 e. The average molecular weight is 436 g/mol. The molecule has 3 amide bonds. The molecule has 0 aliphatic carbocycles. The molecule has 1 saturated heterocycles. The minimum absolute atomic E-state index is 0.176. The zero-order valence-corrected chi connectivity index (χ0v) is 16.8. The molecule has 1 N–H and O–H groups in total. The highest BCUT2D eigenvalue weighted by molar-refractivity contribution is 6.05. The van der Waals surface area contributed by atoms with Gasteiger partial charge in [0, 0.05) is 29.7 Å². The molecule has 32 heavy (non-hydrogen) atoms. The molecule has 1 atom stereocenters. The molecule has 3 heterocycles. The maximum atomic E-state index is 13.6. The standard InChI is InChI=1S/C23H18F2N4O3/c24-23(25)29-20(13-4-2-1-3-5-13)17(11-26-29)14-6-7-16-15(10-14)12-28(22(16)32)18-8-9-19(30)27-21(18)31/h1-7,10-11,18,23H,8-9,12H2,(H,27,30,31). The van der Waals surface area contributed by atoms with Gasteiger partial charge in [0.15, 0.2) is 0 Å². The van der Waals surface area contributed by atoms with E-state index in [0.717, 1.165) is 0 Å². The molecule has 2 aromatic carbocycles. The number of rotatable bonds is 4. The number of carbonyl (C=O) groups excluding carboxylic acids is 3. The highest BCUT2D eigenvalue weighted by atomic mass is 19.3. The molecule has 3 aromatic rings. The second kappa shape index (κ2) is 7.67. The first-order chi connectivity index (χ1) is 15.4. The molecule has 162 valence electrons. The Morgan fingerprint density at radius 1 is 1.00 bits per heavy atom. The molecule has 1 unspecified atom stereocenters. The molecule has 0 bridgehead atoms. The van der Waals surface area contributed by atoms with E-state index in [1.165, 1.54) is 11.1 Å². The van der Waals surface area contributed by atoms with Gasteiger partial charge < -0.3 is 4.90 Å². The van der Waals surface area contributed by atoms with Crippen molar-refractivity contribution in [3.05, 3.63) is 65.9 Å². The third kappa shape index (κ3) is 3.26. The number of amides is 3. The minimum atomic E-state index is -2.81. The number of halogens is 2. The van der Waals surface area contributed by atoms with Crippen molar-refractivity contribution >= 4 is 17.7 Å². The van der Waals surface area contributed by atoms with Gasteiger partial charge in [0.05, 0.1) is 11.9 Å². The van der Waals surface area contributed by atoms with Crippen LogP contribution < -0.4 is 5.32 Å². The Bertz CT molecular complexity index is 1240. The molecular weight excluding hydrogens is 418 g/mol. The van der Waals surface area contributed by atoms with Gasteiger partial charge in [-0.1, -0.05) is 36.4 Å². The van der Waals surface area contributed by atoms with Gasteiger partial charge in [-0.15, -0.1) is 0 Å². The summed E-state index contributed by atoms with van der Waals surface area (Å²) in [5.41, 5.74) is 3.20. The van der Waals surface area contributed by atoms with Crippen LogP contribution in [0.25, 0.3) is 22.4 Å². The molecule has 0 saturated carbocycles. The van der Waals surface area contributed by atoms with Crippen LogP contribution in [0.1, 0.15) is 35.3 Å². The van der Waals surface area contributed by atoms with Crippen molar-refractivity contribution in [1.29, 1.82) is 0 Å². The number of nitrogens with one attached hydrogen (secondary N) is 1. The van der Waals surface area contributed by atoms with Gasteiger partial charge in [0.25, 0.3) is 5.91 Å². The van der Waals surface area contributed by atoms with Crippen molar-refractivity contribution in [3.63, 3.8) is 0 Å². The summed E-state index contributed by atoms with van der Waals surface area (Å²) in [5.74, 6) is -1.11. The van der Waals surface area contributed by atoms with Crippen LogP contribution in [0.2, 0.25) is 0 Å². The summed E-state index contributed by atoms with van der Waals surface area (Å²) >= 11 is 0. The number of benzene rings is 2. The van der Waals surface area contributed by atoms with Gasteiger partial charge in [-0.25, -0.2) is 4.68 Å². The Balaban J connectivity index is 1.52. The van der Waals surface area contributed by atoms with E-state index in [9.17, 15) is 23.2 Å². The van der Waals surface area contributed by atoms with Crippen LogP contribution in [0.5, 0.6) is 0 Å². The molecule has 7 nitrogen and oxygen atoms in total. The SMILES string of the molecule is O=C1CCC(N2Cc3cc(-c4cnn(C(F)F)c4-c4ccccc4)ccc3C2=O)C(=O)N1. The van der Waals surface area contributed by atoms with Crippen LogP contribution in [-0.4, -0.2) is 38.4 Å². The molecule has 0 spiro atoms. The normalized spacial score (nSPS) is 18.3. The summed E-state index contributed by atoms with van der Waals surface area (Å²) in [4.78, 5) is 38.0. The topological polar surface area (TPSA) is 84.3 Å². The number of alkyl halides is 2. The number of carbonyl (C=O) groups is 3.